The summed E-state index contributed by atoms with van der Waals surface area (Å²) in [6.07, 6.45) is 6.98. The molecule has 20 heavy (non-hydrogen) atoms. The highest BCUT2D eigenvalue weighted by Gasteiger charge is 2.39. The lowest BCUT2D eigenvalue weighted by Gasteiger charge is -2.48. The summed E-state index contributed by atoms with van der Waals surface area (Å²) in [6.45, 7) is 9.59. The van der Waals surface area contributed by atoms with Gasteiger partial charge in [-0.2, -0.15) is 0 Å². The van der Waals surface area contributed by atoms with E-state index in [9.17, 15) is 0 Å². The summed E-state index contributed by atoms with van der Waals surface area (Å²) in [7, 11) is 4.00. The Morgan fingerprint density at radius 1 is 1.15 bits per heavy atom. The van der Waals surface area contributed by atoms with Crippen LogP contribution in [0.15, 0.2) is 0 Å². The SMILES string of the molecule is CNC1CCC(C(C)(C)C)CC1N1CCCC(OC)C1. The van der Waals surface area contributed by atoms with Crippen molar-refractivity contribution >= 4 is 0 Å². The van der Waals surface area contributed by atoms with Crippen LogP contribution in [0.25, 0.3) is 0 Å². The van der Waals surface area contributed by atoms with E-state index in [1.807, 2.05) is 7.11 Å². The van der Waals surface area contributed by atoms with Crippen LogP contribution in [-0.2, 0) is 4.74 Å². The lowest BCUT2D eigenvalue weighted by atomic mass is 9.69. The molecule has 2 rings (SSSR count). The quantitative estimate of drug-likeness (QED) is 0.861. The lowest BCUT2D eigenvalue weighted by Crippen LogP contribution is -2.56. The van der Waals surface area contributed by atoms with Gasteiger partial charge in [0, 0.05) is 25.7 Å². The number of ether oxygens (including phenoxy) is 1. The van der Waals surface area contributed by atoms with Crippen molar-refractivity contribution in [1.29, 1.82) is 0 Å². The summed E-state index contributed by atoms with van der Waals surface area (Å²) in [5, 5.41) is 3.57. The second-order valence-electron chi connectivity index (χ2n) is 7.83. The topological polar surface area (TPSA) is 24.5 Å². The van der Waals surface area contributed by atoms with Gasteiger partial charge in [-0.1, -0.05) is 20.8 Å². The molecule has 1 aliphatic heterocycles. The van der Waals surface area contributed by atoms with Gasteiger partial charge >= 0.3 is 0 Å². The molecule has 0 aromatic carbocycles. The number of rotatable bonds is 3. The van der Waals surface area contributed by atoms with Gasteiger partial charge in [-0.05, 0) is 57.0 Å². The highest BCUT2D eigenvalue weighted by Crippen LogP contribution is 2.40. The van der Waals surface area contributed by atoms with Crippen LogP contribution in [-0.4, -0.2) is 50.3 Å². The Kier molecular flexibility index (Phi) is 5.49. The average molecular weight is 282 g/mol. The largest absolute Gasteiger partial charge is 0.380 e. The fourth-order valence-electron chi connectivity index (χ4n) is 4.13. The molecule has 1 saturated carbocycles. The van der Waals surface area contributed by atoms with E-state index in [2.05, 4.69) is 38.0 Å². The van der Waals surface area contributed by atoms with Crippen LogP contribution < -0.4 is 5.32 Å². The van der Waals surface area contributed by atoms with Gasteiger partial charge in [0.15, 0.2) is 0 Å². The molecular weight excluding hydrogens is 248 g/mol. The standard InChI is InChI=1S/C17H34N2O/c1-17(2,3)13-8-9-15(18-4)16(11-13)19-10-6-7-14(12-19)20-5/h13-16,18H,6-12H2,1-5H3. The second kappa shape index (κ2) is 6.76. The van der Waals surface area contributed by atoms with Gasteiger partial charge < -0.3 is 10.1 Å². The third-order valence-corrected chi connectivity index (χ3v) is 5.62. The first-order chi connectivity index (χ1) is 9.45. The number of likely N-dealkylation sites (tertiary alicyclic amines) is 1. The molecule has 1 N–H and O–H groups in total. The van der Waals surface area contributed by atoms with Crippen molar-refractivity contribution in [2.24, 2.45) is 11.3 Å². The number of methoxy groups -OCH3 is 1. The maximum atomic E-state index is 5.61. The van der Waals surface area contributed by atoms with Gasteiger partial charge in [0.1, 0.15) is 0 Å². The Labute approximate surface area is 125 Å². The molecule has 1 saturated heterocycles. The van der Waals surface area contributed by atoms with E-state index in [1.165, 1.54) is 38.6 Å². The Hall–Kier alpha value is -0.120. The first-order valence-electron chi connectivity index (χ1n) is 8.39. The van der Waals surface area contributed by atoms with Crippen LogP contribution in [0.2, 0.25) is 0 Å². The number of piperidine rings is 1. The van der Waals surface area contributed by atoms with Crippen molar-refractivity contribution < 1.29 is 4.74 Å². The summed E-state index contributed by atoms with van der Waals surface area (Å²) < 4.78 is 5.61. The first kappa shape index (κ1) is 16.3. The third-order valence-electron chi connectivity index (χ3n) is 5.62. The first-order valence-corrected chi connectivity index (χ1v) is 8.39. The van der Waals surface area contributed by atoms with Crippen LogP contribution in [0.3, 0.4) is 0 Å². The molecule has 3 nitrogen and oxygen atoms in total. The molecule has 118 valence electrons. The monoisotopic (exact) mass is 282 g/mol. The number of nitrogens with one attached hydrogen (secondary N) is 1. The van der Waals surface area contributed by atoms with Crippen LogP contribution in [0, 0.1) is 11.3 Å². The minimum absolute atomic E-state index is 0.438. The minimum atomic E-state index is 0.438. The number of nitrogens with zero attached hydrogens (tertiary/aromatic N) is 1. The second-order valence-corrected chi connectivity index (χ2v) is 7.83. The summed E-state index contributed by atoms with van der Waals surface area (Å²) in [5.74, 6) is 0.847. The van der Waals surface area contributed by atoms with Crippen molar-refractivity contribution in [2.75, 3.05) is 27.2 Å². The Balaban J connectivity index is 2.04. The van der Waals surface area contributed by atoms with E-state index in [0.29, 0.717) is 23.6 Å². The highest BCUT2D eigenvalue weighted by molar-refractivity contribution is 4.95. The number of hydrogen-bond donors (Lipinski definition) is 1. The van der Waals surface area contributed by atoms with E-state index < -0.39 is 0 Å². The number of hydrogen-bond acceptors (Lipinski definition) is 3. The molecule has 1 heterocycles. The molecule has 4 unspecified atom stereocenters. The lowest BCUT2D eigenvalue weighted by molar-refractivity contribution is -0.0137. The number of likely N-dealkylation sites (N-methyl/N-ethyl adjacent to an activating group) is 1. The Morgan fingerprint density at radius 2 is 1.90 bits per heavy atom. The smallest absolute Gasteiger partial charge is 0.0698 e. The van der Waals surface area contributed by atoms with Crippen molar-refractivity contribution in [3.05, 3.63) is 0 Å². The van der Waals surface area contributed by atoms with E-state index in [0.717, 1.165) is 12.5 Å². The molecule has 2 aliphatic rings. The van der Waals surface area contributed by atoms with Gasteiger partial charge in [0.25, 0.3) is 0 Å². The van der Waals surface area contributed by atoms with Gasteiger partial charge in [-0.3, -0.25) is 4.90 Å². The molecule has 1 aliphatic carbocycles. The zero-order chi connectivity index (χ0) is 14.8. The van der Waals surface area contributed by atoms with E-state index >= 15 is 0 Å². The van der Waals surface area contributed by atoms with Crippen molar-refractivity contribution in [3.63, 3.8) is 0 Å². The van der Waals surface area contributed by atoms with Crippen LogP contribution in [0.5, 0.6) is 0 Å². The van der Waals surface area contributed by atoms with E-state index in [4.69, 9.17) is 4.74 Å². The fourth-order valence-corrected chi connectivity index (χ4v) is 4.13. The molecular formula is C17H34N2O. The molecule has 0 amide bonds. The predicted molar refractivity (Wildman–Crippen MR) is 85.0 cm³/mol. The van der Waals surface area contributed by atoms with Crippen molar-refractivity contribution in [3.8, 4) is 0 Å². The molecule has 2 fully saturated rings. The fraction of sp³-hybridized carbons (Fsp3) is 1.00. The maximum absolute atomic E-state index is 5.61. The van der Waals surface area contributed by atoms with Gasteiger partial charge in [0.05, 0.1) is 6.10 Å². The molecule has 0 bridgehead atoms. The summed E-state index contributed by atoms with van der Waals surface area (Å²) in [4.78, 5) is 2.71. The van der Waals surface area contributed by atoms with Crippen LogP contribution in [0.4, 0.5) is 0 Å². The Bertz CT molecular complexity index is 300. The summed E-state index contributed by atoms with van der Waals surface area (Å²) in [5.41, 5.74) is 0.438. The van der Waals surface area contributed by atoms with Crippen molar-refractivity contribution in [1.82, 2.24) is 10.2 Å². The molecule has 0 aromatic rings. The molecule has 0 spiro atoms. The molecule has 0 radical (unpaired) electrons. The van der Waals surface area contributed by atoms with Crippen LogP contribution >= 0.6 is 0 Å². The summed E-state index contributed by atoms with van der Waals surface area (Å²) >= 11 is 0. The van der Waals surface area contributed by atoms with Gasteiger partial charge in [0.2, 0.25) is 0 Å². The molecule has 0 aromatic heterocycles. The molecule has 3 heteroatoms. The predicted octanol–water partition coefficient (Wildman–Crippen LogP) is 2.90. The van der Waals surface area contributed by atoms with Crippen molar-refractivity contribution in [2.45, 2.75) is 71.1 Å². The van der Waals surface area contributed by atoms with Gasteiger partial charge in [-0.25, -0.2) is 0 Å². The average Bonchev–Trinajstić information content (AvgIpc) is 2.45. The highest BCUT2D eigenvalue weighted by atomic mass is 16.5. The van der Waals surface area contributed by atoms with Gasteiger partial charge in [-0.15, -0.1) is 0 Å². The Morgan fingerprint density at radius 3 is 2.50 bits per heavy atom. The zero-order valence-corrected chi connectivity index (χ0v) is 14.1. The summed E-state index contributed by atoms with van der Waals surface area (Å²) in [6, 6.07) is 1.35. The minimum Gasteiger partial charge on any atom is -0.380 e. The zero-order valence-electron chi connectivity index (χ0n) is 14.1. The van der Waals surface area contributed by atoms with Crippen LogP contribution in [0.1, 0.15) is 52.9 Å². The maximum Gasteiger partial charge on any atom is 0.0698 e. The molecule has 4 atom stereocenters. The normalized spacial score (nSPS) is 37.0. The van der Waals surface area contributed by atoms with E-state index in [-0.39, 0.29) is 0 Å². The van der Waals surface area contributed by atoms with E-state index in [1.54, 1.807) is 0 Å². The third kappa shape index (κ3) is 3.75.